The van der Waals surface area contributed by atoms with Crippen LogP contribution in [0.5, 0.6) is 0 Å². The molecule has 0 saturated carbocycles. The van der Waals surface area contributed by atoms with Crippen molar-refractivity contribution in [2.45, 2.75) is 72.6 Å². The van der Waals surface area contributed by atoms with Crippen LogP contribution in [0.4, 0.5) is 0 Å². The fourth-order valence-electron chi connectivity index (χ4n) is 3.33. The number of hydrogen-bond acceptors (Lipinski definition) is 2. The third-order valence-corrected chi connectivity index (χ3v) is 20.3. The van der Waals surface area contributed by atoms with Crippen LogP contribution in [0.1, 0.15) is 69.9 Å². The molecule has 0 aliphatic rings. The summed E-state index contributed by atoms with van der Waals surface area (Å²) in [6.45, 7) is 6.86. The van der Waals surface area contributed by atoms with Gasteiger partial charge in [-0.2, -0.15) is 0 Å². The minimum atomic E-state index is -2.42. The van der Waals surface area contributed by atoms with Gasteiger partial charge in [0.25, 0.3) is 0 Å². The van der Waals surface area contributed by atoms with Crippen molar-refractivity contribution in [2.24, 2.45) is 7.05 Å². The zero-order valence-electron chi connectivity index (χ0n) is 14.3. The average molecular weight is 399 g/mol. The van der Waals surface area contributed by atoms with Crippen molar-refractivity contribution in [2.75, 3.05) is 0 Å². The van der Waals surface area contributed by atoms with E-state index in [-0.39, 0.29) is 0 Å². The molecule has 0 radical (unpaired) electrons. The van der Waals surface area contributed by atoms with Crippen LogP contribution in [0.25, 0.3) is 0 Å². The number of nitrogens with zero attached hydrogens (tertiary/aromatic N) is 2. The van der Waals surface area contributed by atoms with Gasteiger partial charge in [0.15, 0.2) is 0 Å². The molecule has 3 nitrogen and oxygen atoms in total. The van der Waals surface area contributed by atoms with E-state index in [4.69, 9.17) is 0 Å². The fourth-order valence-corrected chi connectivity index (χ4v) is 19.8. The molecule has 4 heteroatoms. The molecule has 1 aromatic heterocycles. The summed E-state index contributed by atoms with van der Waals surface area (Å²) >= 11 is -2.42. The maximum absolute atomic E-state index is 11.1. The number of aromatic nitrogens is 2. The second kappa shape index (κ2) is 9.65. The molecule has 1 heterocycles. The Hall–Kier alpha value is -0.321. The van der Waals surface area contributed by atoms with Gasteiger partial charge >= 0.3 is 134 Å². The van der Waals surface area contributed by atoms with Crippen molar-refractivity contribution in [3.8, 4) is 0 Å². The molecule has 0 unspecified atom stereocenters. The number of aldehydes is 1. The SMILES string of the molecule is CCC[CH2][Sn]([CH2]CCC)([CH2]CCC)[c]1cnc(C=O)n1C. The molecule has 0 bridgehead atoms. The van der Waals surface area contributed by atoms with E-state index in [2.05, 4.69) is 30.3 Å². The van der Waals surface area contributed by atoms with E-state index in [1.165, 1.54) is 55.5 Å². The molecule has 0 saturated heterocycles. The third kappa shape index (κ3) is 4.83. The van der Waals surface area contributed by atoms with Crippen LogP contribution in [0.2, 0.25) is 13.3 Å². The quantitative estimate of drug-likeness (QED) is 0.411. The number of carbonyl (C=O) groups excluding carboxylic acids is 1. The van der Waals surface area contributed by atoms with E-state index < -0.39 is 18.4 Å². The second-order valence-corrected chi connectivity index (χ2v) is 19.3. The maximum atomic E-state index is 11.1. The van der Waals surface area contributed by atoms with Gasteiger partial charge in [-0.1, -0.05) is 0 Å². The summed E-state index contributed by atoms with van der Waals surface area (Å²) in [6, 6.07) is 0. The molecule has 0 spiro atoms. The summed E-state index contributed by atoms with van der Waals surface area (Å²) in [4.78, 5) is 15.5. The molecule has 0 aliphatic carbocycles. The Balaban J connectivity index is 3.15. The van der Waals surface area contributed by atoms with Crippen LogP contribution >= 0.6 is 0 Å². The first-order valence-electron chi connectivity index (χ1n) is 8.62. The molecule has 0 amide bonds. The second-order valence-electron chi connectivity index (χ2n) is 6.27. The van der Waals surface area contributed by atoms with E-state index in [0.29, 0.717) is 5.82 Å². The van der Waals surface area contributed by atoms with Gasteiger partial charge in [-0.15, -0.1) is 0 Å². The molecule has 0 N–H and O–H groups in total. The number of rotatable bonds is 11. The van der Waals surface area contributed by atoms with Crippen molar-refractivity contribution in [3.63, 3.8) is 0 Å². The van der Waals surface area contributed by atoms with Crippen LogP contribution in [0, 0.1) is 0 Å². The Morgan fingerprint density at radius 3 is 1.86 bits per heavy atom. The zero-order valence-corrected chi connectivity index (χ0v) is 17.2. The van der Waals surface area contributed by atoms with E-state index in [1.54, 1.807) is 0 Å². The fraction of sp³-hybridized carbons (Fsp3) is 0.765. The predicted molar refractivity (Wildman–Crippen MR) is 93.1 cm³/mol. The van der Waals surface area contributed by atoms with Gasteiger partial charge in [0.1, 0.15) is 0 Å². The average Bonchev–Trinajstić information content (AvgIpc) is 2.88. The first-order chi connectivity index (χ1) is 10.1. The number of carbonyl (C=O) groups is 1. The van der Waals surface area contributed by atoms with Crippen molar-refractivity contribution in [3.05, 3.63) is 12.0 Å². The van der Waals surface area contributed by atoms with Crippen LogP contribution in [0.15, 0.2) is 6.20 Å². The summed E-state index contributed by atoms with van der Waals surface area (Å²) in [7, 11) is 2.04. The Morgan fingerprint density at radius 2 is 1.52 bits per heavy atom. The molecule has 0 atom stereocenters. The summed E-state index contributed by atoms with van der Waals surface area (Å²) < 4.78 is 7.85. The minimum absolute atomic E-state index is 0.607. The number of unbranched alkanes of at least 4 members (excludes halogenated alkanes) is 3. The first kappa shape index (κ1) is 18.7. The first-order valence-corrected chi connectivity index (χ1v) is 16.1. The molecule has 0 fully saturated rings. The van der Waals surface area contributed by atoms with Gasteiger partial charge < -0.3 is 0 Å². The van der Waals surface area contributed by atoms with E-state index in [1.807, 2.05) is 13.2 Å². The van der Waals surface area contributed by atoms with Crippen LogP contribution in [-0.2, 0) is 7.05 Å². The van der Waals surface area contributed by atoms with Gasteiger partial charge in [0.05, 0.1) is 0 Å². The Labute approximate surface area is 134 Å². The normalized spacial score (nSPS) is 11.8. The summed E-state index contributed by atoms with van der Waals surface area (Å²) in [5.74, 6) is 0.607. The molecule has 0 aromatic carbocycles. The summed E-state index contributed by atoms with van der Waals surface area (Å²) in [5.41, 5.74) is 0. The molecule has 0 aliphatic heterocycles. The van der Waals surface area contributed by atoms with E-state index >= 15 is 0 Å². The summed E-state index contributed by atoms with van der Waals surface area (Å²) in [6.07, 6.45) is 10.8. The summed E-state index contributed by atoms with van der Waals surface area (Å²) in [5, 5.41) is 0. The molecule has 1 aromatic rings. The molecule has 120 valence electrons. The van der Waals surface area contributed by atoms with Crippen molar-refractivity contribution >= 4 is 28.4 Å². The van der Waals surface area contributed by atoms with E-state index in [0.717, 1.165) is 6.29 Å². The van der Waals surface area contributed by atoms with Crippen molar-refractivity contribution in [1.82, 2.24) is 9.55 Å². The Kier molecular flexibility index (Phi) is 8.60. The van der Waals surface area contributed by atoms with Crippen LogP contribution < -0.4 is 3.71 Å². The Morgan fingerprint density at radius 1 is 1.05 bits per heavy atom. The van der Waals surface area contributed by atoms with Gasteiger partial charge in [-0.3, -0.25) is 0 Å². The van der Waals surface area contributed by atoms with Gasteiger partial charge in [0, 0.05) is 0 Å². The predicted octanol–water partition coefficient (Wildman–Crippen LogP) is 4.29. The third-order valence-electron chi connectivity index (χ3n) is 4.70. The van der Waals surface area contributed by atoms with Gasteiger partial charge in [-0.25, -0.2) is 0 Å². The molecule has 1 rings (SSSR count). The number of hydrogen-bond donors (Lipinski definition) is 0. The molecule has 21 heavy (non-hydrogen) atoms. The number of imidazole rings is 1. The monoisotopic (exact) mass is 400 g/mol. The van der Waals surface area contributed by atoms with Crippen LogP contribution in [-0.4, -0.2) is 34.2 Å². The zero-order chi connectivity index (χ0) is 15.7. The Bertz CT molecular complexity index is 407. The van der Waals surface area contributed by atoms with Gasteiger partial charge in [-0.05, 0) is 0 Å². The molecular formula is C17H32N2OSn. The van der Waals surface area contributed by atoms with Crippen molar-refractivity contribution < 1.29 is 4.79 Å². The topological polar surface area (TPSA) is 34.9 Å². The van der Waals surface area contributed by atoms with Crippen molar-refractivity contribution in [1.29, 1.82) is 0 Å². The molecular weight excluding hydrogens is 367 g/mol. The standard InChI is InChI=1S/C5H5N2O.3C4H9.Sn/c1-7-3-2-6-5(7)4-8;3*1-3-4-2;/h2,4H,1H3;3*1,3-4H2,2H3;. The van der Waals surface area contributed by atoms with Crippen LogP contribution in [0.3, 0.4) is 0 Å². The van der Waals surface area contributed by atoms with Gasteiger partial charge in [0.2, 0.25) is 0 Å². The van der Waals surface area contributed by atoms with E-state index in [9.17, 15) is 4.79 Å².